The molecule has 5 heterocycles. The van der Waals surface area contributed by atoms with Crippen LogP contribution in [0.3, 0.4) is 0 Å². The molecule has 3 aliphatic rings. The first-order valence-corrected chi connectivity index (χ1v) is 13.2. The number of pyridine rings is 1. The summed E-state index contributed by atoms with van der Waals surface area (Å²) in [6, 6.07) is 3.81. The molecule has 180 valence electrons. The minimum atomic E-state index is -0.168. The van der Waals surface area contributed by atoms with Gasteiger partial charge in [0.15, 0.2) is 0 Å². The van der Waals surface area contributed by atoms with Gasteiger partial charge in [-0.3, -0.25) is 18.9 Å². The highest BCUT2D eigenvalue weighted by molar-refractivity contribution is 8.26. The van der Waals surface area contributed by atoms with E-state index in [-0.39, 0.29) is 17.6 Å². The van der Waals surface area contributed by atoms with Gasteiger partial charge in [0.2, 0.25) is 0 Å². The first-order chi connectivity index (χ1) is 16.3. The number of rotatable bonds is 4. The molecule has 0 N–H and O–H groups in total. The molecule has 0 aliphatic carbocycles. The quantitative estimate of drug-likeness (QED) is 0.468. The minimum Gasteiger partial charge on any atom is -0.376 e. The minimum absolute atomic E-state index is 0.0182. The lowest BCUT2D eigenvalue weighted by Crippen LogP contribution is -2.40. The fourth-order valence-electron chi connectivity index (χ4n) is 5.28. The largest absolute Gasteiger partial charge is 0.376 e. The molecule has 0 saturated carbocycles. The SMILES string of the molecule is Cc1cccn2c(=O)c(/C=C3\SC(=S)N(C[C@H]4CCCO4)C3=O)c(N3C[C@@H](C)C[C@H](C)C3)nc12. The maximum absolute atomic E-state index is 13.7. The molecule has 3 aliphatic heterocycles. The zero-order chi connectivity index (χ0) is 24.0. The second-order valence-corrected chi connectivity index (χ2v) is 11.5. The molecule has 2 aromatic rings. The Bertz CT molecular complexity index is 1220. The molecule has 0 unspecified atom stereocenters. The van der Waals surface area contributed by atoms with Crippen molar-refractivity contribution in [1.82, 2.24) is 14.3 Å². The normalized spacial score (nSPS) is 26.9. The Hall–Kier alpha value is -2.23. The number of carbonyl (C=O) groups is 1. The first kappa shape index (κ1) is 23.5. The van der Waals surface area contributed by atoms with E-state index in [1.807, 2.05) is 19.1 Å². The Morgan fingerprint density at radius 3 is 2.74 bits per heavy atom. The van der Waals surface area contributed by atoms with Gasteiger partial charge in [-0.05, 0) is 55.7 Å². The van der Waals surface area contributed by atoms with E-state index in [1.165, 1.54) is 11.8 Å². The van der Waals surface area contributed by atoms with Crippen molar-refractivity contribution in [1.29, 1.82) is 0 Å². The molecule has 3 fully saturated rings. The van der Waals surface area contributed by atoms with E-state index in [0.717, 1.165) is 44.5 Å². The third-order valence-electron chi connectivity index (χ3n) is 6.79. The molecule has 2 aromatic heterocycles. The Kier molecular flexibility index (Phi) is 6.52. The van der Waals surface area contributed by atoms with Crippen molar-refractivity contribution < 1.29 is 9.53 Å². The standard InChI is InChI=1S/C25H30N4O3S2/c1-15-10-16(2)13-27(12-15)22-19(23(30)28-8-4-6-17(3)21(28)26-22)11-20-24(31)29(25(33)34-20)14-18-7-5-9-32-18/h4,6,8,11,15-16,18H,5,7,9-10,12-14H2,1-3H3/b20-11-/t15-,16-,18+/m0/s1. The van der Waals surface area contributed by atoms with E-state index in [2.05, 4.69) is 18.7 Å². The molecule has 0 bridgehead atoms. The maximum atomic E-state index is 13.7. The van der Waals surface area contributed by atoms with Gasteiger partial charge in [-0.2, -0.15) is 0 Å². The Morgan fingerprint density at radius 1 is 1.26 bits per heavy atom. The van der Waals surface area contributed by atoms with Gasteiger partial charge in [0, 0.05) is 25.9 Å². The molecule has 0 radical (unpaired) electrons. The fourth-order valence-corrected chi connectivity index (χ4v) is 6.54. The summed E-state index contributed by atoms with van der Waals surface area (Å²) >= 11 is 6.78. The van der Waals surface area contributed by atoms with Crippen LogP contribution in [0.1, 0.15) is 44.2 Å². The van der Waals surface area contributed by atoms with Crippen LogP contribution < -0.4 is 10.5 Å². The monoisotopic (exact) mass is 498 g/mol. The molecule has 3 saturated heterocycles. The molecular weight excluding hydrogens is 468 g/mol. The second kappa shape index (κ2) is 9.43. The van der Waals surface area contributed by atoms with Gasteiger partial charge in [0.1, 0.15) is 15.8 Å². The Labute approximate surface area is 209 Å². The van der Waals surface area contributed by atoms with E-state index in [0.29, 0.717) is 44.6 Å². The van der Waals surface area contributed by atoms with Gasteiger partial charge in [-0.25, -0.2) is 4.98 Å². The van der Waals surface area contributed by atoms with E-state index < -0.39 is 0 Å². The number of ether oxygens (including phenoxy) is 1. The maximum Gasteiger partial charge on any atom is 0.267 e. The first-order valence-electron chi connectivity index (χ1n) is 12.0. The van der Waals surface area contributed by atoms with E-state index in [4.69, 9.17) is 21.9 Å². The summed E-state index contributed by atoms with van der Waals surface area (Å²) in [5, 5.41) is 0. The summed E-state index contributed by atoms with van der Waals surface area (Å²) in [4.78, 5) is 36.3. The predicted molar refractivity (Wildman–Crippen MR) is 140 cm³/mol. The lowest BCUT2D eigenvalue weighted by atomic mass is 9.91. The molecule has 1 amide bonds. The van der Waals surface area contributed by atoms with Crippen LogP contribution in [-0.4, -0.2) is 56.9 Å². The van der Waals surface area contributed by atoms with Gasteiger partial charge in [0.25, 0.3) is 11.5 Å². The lowest BCUT2D eigenvalue weighted by Gasteiger charge is -2.36. The number of anilines is 1. The number of fused-ring (bicyclic) bond motifs is 1. The molecule has 5 rings (SSSR count). The predicted octanol–water partition coefficient (Wildman–Crippen LogP) is 3.87. The highest BCUT2D eigenvalue weighted by Crippen LogP contribution is 2.35. The molecule has 0 spiro atoms. The van der Waals surface area contributed by atoms with Crippen LogP contribution in [-0.2, 0) is 9.53 Å². The fraction of sp³-hybridized carbons (Fsp3) is 0.520. The molecule has 7 nitrogen and oxygen atoms in total. The lowest BCUT2D eigenvalue weighted by molar-refractivity contribution is -0.123. The number of aromatic nitrogens is 2. The Morgan fingerprint density at radius 2 is 2.03 bits per heavy atom. The molecular formula is C25H30N4O3S2. The van der Waals surface area contributed by atoms with Crippen molar-refractivity contribution in [3.8, 4) is 0 Å². The smallest absolute Gasteiger partial charge is 0.267 e. The van der Waals surface area contributed by atoms with E-state index in [9.17, 15) is 9.59 Å². The van der Waals surface area contributed by atoms with Crippen LogP contribution in [0, 0.1) is 18.8 Å². The topological polar surface area (TPSA) is 67.2 Å². The highest BCUT2D eigenvalue weighted by Gasteiger charge is 2.35. The third-order valence-corrected chi connectivity index (χ3v) is 8.17. The van der Waals surface area contributed by atoms with Crippen LogP contribution in [0.15, 0.2) is 28.0 Å². The highest BCUT2D eigenvalue weighted by atomic mass is 32.2. The third kappa shape index (κ3) is 4.41. The summed E-state index contributed by atoms with van der Waals surface area (Å²) < 4.78 is 7.80. The van der Waals surface area contributed by atoms with Crippen molar-refractivity contribution in [2.24, 2.45) is 11.8 Å². The Balaban J connectivity index is 1.59. The van der Waals surface area contributed by atoms with Gasteiger partial charge in [-0.1, -0.05) is 43.9 Å². The number of hydrogen-bond acceptors (Lipinski definition) is 7. The summed E-state index contributed by atoms with van der Waals surface area (Å²) in [6.07, 6.45) is 6.55. The van der Waals surface area contributed by atoms with Crippen molar-refractivity contribution in [3.05, 3.63) is 44.7 Å². The molecule has 34 heavy (non-hydrogen) atoms. The number of aryl methyl sites for hydroxylation is 1. The molecule has 0 aromatic carbocycles. The summed E-state index contributed by atoms with van der Waals surface area (Å²) in [7, 11) is 0. The van der Waals surface area contributed by atoms with Crippen LogP contribution in [0.4, 0.5) is 5.82 Å². The van der Waals surface area contributed by atoms with Crippen molar-refractivity contribution in [3.63, 3.8) is 0 Å². The average Bonchev–Trinajstić information content (AvgIpc) is 3.39. The van der Waals surface area contributed by atoms with Gasteiger partial charge in [-0.15, -0.1) is 0 Å². The summed E-state index contributed by atoms with van der Waals surface area (Å²) in [5.41, 5.74) is 1.87. The number of nitrogens with zero attached hydrogens (tertiary/aromatic N) is 4. The number of carbonyl (C=O) groups excluding carboxylic acids is 1. The summed E-state index contributed by atoms with van der Waals surface area (Å²) in [6.45, 7) is 9.28. The number of hydrogen-bond donors (Lipinski definition) is 0. The zero-order valence-corrected chi connectivity index (χ0v) is 21.5. The van der Waals surface area contributed by atoms with Crippen molar-refractivity contribution in [2.75, 3.05) is 31.1 Å². The molecule has 3 atom stereocenters. The van der Waals surface area contributed by atoms with Gasteiger partial charge in [0.05, 0.1) is 23.1 Å². The van der Waals surface area contributed by atoms with Crippen LogP contribution in [0.25, 0.3) is 11.7 Å². The average molecular weight is 499 g/mol. The van der Waals surface area contributed by atoms with Gasteiger partial charge >= 0.3 is 0 Å². The van der Waals surface area contributed by atoms with Crippen LogP contribution >= 0.6 is 24.0 Å². The van der Waals surface area contributed by atoms with Crippen LogP contribution in [0.5, 0.6) is 0 Å². The van der Waals surface area contributed by atoms with Crippen molar-refractivity contribution in [2.45, 2.75) is 46.1 Å². The summed E-state index contributed by atoms with van der Waals surface area (Å²) in [5.74, 6) is 1.49. The van der Waals surface area contributed by atoms with Crippen molar-refractivity contribution >= 4 is 51.7 Å². The number of amides is 1. The van der Waals surface area contributed by atoms with Gasteiger partial charge < -0.3 is 9.64 Å². The molecule has 9 heteroatoms. The number of piperidine rings is 1. The number of thiocarbonyl (C=S) groups is 1. The van der Waals surface area contributed by atoms with E-state index in [1.54, 1.807) is 21.6 Å². The zero-order valence-electron chi connectivity index (χ0n) is 19.8. The van der Waals surface area contributed by atoms with Crippen LogP contribution in [0.2, 0.25) is 0 Å². The number of thioether (sulfide) groups is 1. The second-order valence-electron chi connectivity index (χ2n) is 9.82. The van der Waals surface area contributed by atoms with E-state index >= 15 is 0 Å².